The molecule has 0 aliphatic carbocycles. The number of nitrogens with zero attached hydrogens (tertiary/aromatic N) is 3. The van der Waals surface area contributed by atoms with Crippen LogP contribution < -0.4 is 0 Å². The molecule has 0 aromatic carbocycles. The standard InChI is InChI=1S/C10H6ClN3O/c11-8-2-1-3-12-9(8)10-13-4-7(6-15)5-14-10/h1-6H. The molecule has 0 aliphatic heterocycles. The number of hydrogen-bond acceptors (Lipinski definition) is 4. The number of aromatic nitrogens is 3. The van der Waals surface area contributed by atoms with E-state index in [0.29, 0.717) is 28.4 Å². The first-order valence-electron chi connectivity index (χ1n) is 4.19. The first kappa shape index (κ1) is 9.73. The first-order chi connectivity index (χ1) is 7.31. The predicted molar refractivity (Wildman–Crippen MR) is 55.7 cm³/mol. The molecule has 0 atom stereocenters. The molecule has 15 heavy (non-hydrogen) atoms. The topological polar surface area (TPSA) is 55.7 Å². The van der Waals surface area contributed by atoms with Crippen LogP contribution in [-0.4, -0.2) is 21.2 Å². The normalized spacial score (nSPS) is 9.93. The molecule has 5 heteroatoms. The zero-order valence-corrected chi connectivity index (χ0v) is 8.35. The highest BCUT2D eigenvalue weighted by Crippen LogP contribution is 2.20. The van der Waals surface area contributed by atoms with Crippen LogP contribution in [-0.2, 0) is 0 Å². The quantitative estimate of drug-likeness (QED) is 0.725. The highest BCUT2D eigenvalue weighted by Gasteiger charge is 2.06. The molecule has 0 unspecified atom stereocenters. The molecule has 0 amide bonds. The number of pyridine rings is 1. The minimum absolute atomic E-state index is 0.409. The summed E-state index contributed by atoms with van der Waals surface area (Å²) in [7, 11) is 0. The summed E-state index contributed by atoms with van der Waals surface area (Å²) in [6.45, 7) is 0. The van der Waals surface area contributed by atoms with Crippen LogP contribution in [0.15, 0.2) is 30.7 Å². The Balaban J connectivity index is 2.46. The molecular weight excluding hydrogens is 214 g/mol. The van der Waals surface area contributed by atoms with Crippen molar-refractivity contribution < 1.29 is 4.79 Å². The first-order valence-corrected chi connectivity index (χ1v) is 4.57. The van der Waals surface area contributed by atoms with E-state index in [2.05, 4.69) is 15.0 Å². The third-order valence-electron chi connectivity index (χ3n) is 1.78. The second kappa shape index (κ2) is 4.14. The van der Waals surface area contributed by atoms with Gasteiger partial charge in [0.15, 0.2) is 12.1 Å². The van der Waals surface area contributed by atoms with Crippen molar-refractivity contribution in [1.82, 2.24) is 15.0 Å². The molecule has 4 nitrogen and oxygen atoms in total. The number of carbonyl (C=O) groups excluding carboxylic acids is 1. The molecule has 0 saturated carbocycles. The summed E-state index contributed by atoms with van der Waals surface area (Å²) in [5.74, 6) is 0.409. The Hall–Kier alpha value is -1.81. The molecule has 2 rings (SSSR count). The van der Waals surface area contributed by atoms with Gasteiger partial charge in [0, 0.05) is 18.6 Å². The number of carbonyl (C=O) groups is 1. The molecule has 2 aromatic heterocycles. The lowest BCUT2D eigenvalue weighted by molar-refractivity contribution is 0.112. The third-order valence-corrected chi connectivity index (χ3v) is 2.08. The highest BCUT2D eigenvalue weighted by molar-refractivity contribution is 6.32. The van der Waals surface area contributed by atoms with E-state index in [0.717, 1.165) is 0 Å². The van der Waals surface area contributed by atoms with Crippen LogP contribution in [0.2, 0.25) is 5.02 Å². The van der Waals surface area contributed by atoms with Gasteiger partial charge in [0.25, 0.3) is 0 Å². The summed E-state index contributed by atoms with van der Waals surface area (Å²) in [6, 6.07) is 3.44. The van der Waals surface area contributed by atoms with Crippen LogP contribution in [0.5, 0.6) is 0 Å². The molecule has 74 valence electrons. The maximum atomic E-state index is 10.4. The van der Waals surface area contributed by atoms with Gasteiger partial charge in [0.1, 0.15) is 5.69 Å². The van der Waals surface area contributed by atoms with Gasteiger partial charge in [-0.1, -0.05) is 11.6 Å². The Labute approximate surface area is 91.0 Å². The fraction of sp³-hybridized carbons (Fsp3) is 0. The van der Waals surface area contributed by atoms with Crippen molar-refractivity contribution in [2.75, 3.05) is 0 Å². The van der Waals surface area contributed by atoms with Crippen molar-refractivity contribution in [3.05, 3.63) is 41.3 Å². The van der Waals surface area contributed by atoms with Crippen LogP contribution in [0.1, 0.15) is 10.4 Å². The van der Waals surface area contributed by atoms with E-state index in [-0.39, 0.29) is 0 Å². The predicted octanol–water partition coefficient (Wildman–Crippen LogP) is 2.00. The van der Waals surface area contributed by atoms with Gasteiger partial charge in [-0.15, -0.1) is 0 Å². The third kappa shape index (κ3) is 1.99. The van der Waals surface area contributed by atoms with Gasteiger partial charge in [-0.2, -0.15) is 0 Å². The van der Waals surface area contributed by atoms with E-state index < -0.39 is 0 Å². The van der Waals surface area contributed by atoms with Gasteiger partial charge in [-0.05, 0) is 12.1 Å². The van der Waals surface area contributed by atoms with Crippen LogP contribution >= 0.6 is 11.6 Å². The summed E-state index contributed by atoms with van der Waals surface area (Å²) < 4.78 is 0. The summed E-state index contributed by atoms with van der Waals surface area (Å²) in [5.41, 5.74) is 0.933. The van der Waals surface area contributed by atoms with E-state index in [9.17, 15) is 4.79 Å². The maximum absolute atomic E-state index is 10.4. The van der Waals surface area contributed by atoms with Crippen molar-refractivity contribution >= 4 is 17.9 Å². The smallest absolute Gasteiger partial charge is 0.179 e. The van der Waals surface area contributed by atoms with E-state index in [4.69, 9.17) is 11.6 Å². The van der Waals surface area contributed by atoms with Gasteiger partial charge >= 0.3 is 0 Å². The van der Waals surface area contributed by atoms with Crippen molar-refractivity contribution in [1.29, 1.82) is 0 Å². The Morgan fingerprint density at radius 1 is 1.20 bits per heavy atom. The minimum Gasteiger partial charge on any atom is -0.298 e. The summed E-state index contributed by atoms with van der Waals surface area (Å²) in [4.78, 5) is 22.4. The molecule has 0 saturated heterocycles. The minimum atomic E-state index is 0.409. The highest BCUT2D eigenvalue weighted by atomic mass is 35.5. The number of aldehydes is 1. The summed E-state index contributed by atoms with van der Waals surface area (Å²) in [5, 5.41) is 0.483. The Kier molecular flexibility index (Phi) is 2.69. The largest absolute Gasteiger partial charge is 0.298 e. The molecule has 0 aliphatic rings. The fourth-order valence-electron chi connectivity index (χ4n) is 1.07. The molecule has 2 heterocycles. The molecular formula is C10H6ClN3O. The van der Waals surface area contributed by atoms with E-state index in [1.54, 1.807) is 18.3 Å². The molecule has 0 radical (unpaired) electrons. The SMILES string of the molecule is O=Cc1cnc(-c2ncccc2Cl)nc1. The summed E-state index contributed by atoms with van der Waals surface area (Å²) >= 11 is 5.92. The second-order valence-electron chi connectivity index (χ2n) is 2.79. The van der Waals surface area contributed by atoms with E-state index >= 15 is 0 Å². The fourth-order valence-corrected chi connectivity index (χ4v) is 1.28. The van der Waals surface area contributed by atoms with Crippen molar-refractivity contribution in [3.63, 3.8) is 0 Å². The Morgan fingerprint density at radius 2 is 1.93 bits per heavy atom. The van der Waals surface area contributed by atoms with Crippen LogP contribution in [0, 0.1) is 0 Å². The average molecular weight is 220 g/mol. The van der Waals surface area contributed by atoms with Crippen molar-refractivity contribution in [2.24, 2.45) is 0 Å². The monoisotopic (exact) mass is 219 g/mol. The van der Waals surface area contributed by atoms with Crippen LogP contribution in [0.4, 0.5) is 0 Å². The molecule has 0 bridgehead atoms. The van der Waals surface area contributed by atoms with Gasteiger partial charge in [-0.3, -0.25) is 9.78 Å². The molecule has 0 spiro atoms. The Morgan fingerprint density at radius 3 is 2.53 bits per heavy atom. The van der Waals surface area contributed by atoms with E-state index in [1.165, 1.54) is 12.4 Å². The lowest BCUT2D eigenvalue weighted by atomic mass is 10.3. The van der Waals surface area contributed by atoms with Crippen molar-refractivity contribution in [2.45, 2.75) is 0 Å². The number of hydrogen-bond donors (Lipinski definition) is 0. The lowest BCUT2D eigenvalue weighted by Crippen LogP contribution is -1.93. The molecule has 0 fully saturated rings. The van der Waals surface area contributed by atoms with Crippen LogP contribution in [0.3, 0.4) is 0 Å². The maximum Gasteiger partial charge on any atom is 0.179 e. The second-order valence-corrected chi connectivity index (χ2v) is 3.20. The van der Waals surface area contributed by atoms with Gasteiger partial charge < -0.3 is 0 Å². The van der Waals surface area contributed by atoms with Gasteiger partial charge in [0.2, 0.25) is 0 Å². The lowest BCUT2D eigenvalue weighted by Gasteiger charge is -2.00. The van der Waals surface area contributed by atoms with Gasteiger partial charge in [0.05, 0.1) is 10.6 Å². The van der Waals surface area contributed by atoms with E-state index in [1.807, 2.05) is 0 Å². The number of rotatable bonds is 2. The van der Waals surface area contributed by atoms with Crippen molar-refractivity contribution in [3.8, 4) is 11.5 Å². The average Bonchev–Trinajstić information content (AvgIpc) is 2.30. The molecule has 0 N–H and O–H groups in total. The molecule has 2 aromatic rings. The van der Waals surface area contributed by atoms with Crippen LogP contribution in [0.25, 0.3) is 11.5 Å². The summed E-state index contributed by atoms with van der Waals surface area (Å²) in [6.07, 6.45) is 5.16. The number of halogens is 1. The zero-order chi connectivity index (χ0) is 10.7. The Bertz CT molecular complexity index is 484. The van der Waals surface area contributed by atoms with Gasteiger partial charge in [-0.25, -0.2) is 9.97 Å². The zero-order valence-electron chi connectivity index (χ0n) is 7.59.